The maximum absolute atomic E-state index is 12.2. The summed E-state index contributed by atoms with van der Waals surface area (Å²) in [5, 5.41) is 6.23. The van der Waals surface area contributed by atoms with Crippen LogP contribution >= 0.6 is 0 Å². The highest BCUT2D eigenvalue weighted by Crippen LogP contribution is 2.26. The predicted octanol–water partition coefficient (Wildman–Crippen LogP) is 2.27. The maximum atomic E-state index is 12.2. The Hall–Kier alpha value is -1.55. The number of hydrogen-bond donors (Lipinski definition) is 2. The van der Waals surface area contributed by atoms with E-state index < -0.39 is 0 Å². The molecule has 0 radical (unpaired) electrons. The molecule has 1 aliphatic rings. The zero-order valence-electron chi connectivity index (χ0n) is 11.6. The summed E-state index contributed by atoms with van der Waals surface area (Å²) in [5.41, 5.74) is 0.764. The Morgan fingerprint density at radius 1 is 1.42 bits per heavy atom. The first-order valence-corrected chi connectivity index (χ1v) is 6.95. The number of benzene rings is 1. The molecule has 19 heavy (non-hydrogen) atoms. The average molecular weight is 262 g/mol. The number of hydrogen-bond acceptors (Lipinski definition) is 3. The van der Waals surface area contributed by atoms with Gasteiger partial charge in [0.2, 0.25) is 5.91 Å². The molecule has 0 bridgehead atoms. The predicted molar refractivity (Wildman–Crippen MR) is 76.4 cm³/mol. The molecule has 1 heterocycles. The highest BCUT2D eigenvalue weighted by Gasteiger charge is 2.29. The Bertz CT molecular complexity index is 434. The molecule has 2 atom stereocenters. The third kappa shape index (κ3) is 3.47. The van der Waals surface area contributed by atoms with Gasteiger partial charge in [0.15, 0.2) is 0 Å². The number of para-hydroxylation sites is 2. The molecular formula is C15H22N2O2. The SMILES string of the molecule is CCCOc1ccccc1NC(=O)[C@@H]1CNC[C@H]1C. The molecule has 1 aromatic rings. The van der Waals surface area contributed by atoms with Crippen molar-refractivity contribution in [2.75, 3.05) is 25.0 Å². The minimum absolute atomic E-state index is 0.0410. The molecule has 0 spiro atoms. The molecule has 0 aliphatic carbocycles. The van der Waals surface area contributed by atoms with Crippen molar-refractivity contribution >= 4 is 11.6 Å². The fraction of sp³-hybridized carbons (Fsp3) is 0.533. The molecular weight excluding hydrogens is 240 g/mol. The van der Waals surface area contributed by atoms with Crippen molar-refractivity contribution in [3.8, 4) is 5.75 Å². The average Bonchev–Trinajstić information content (AvgIpc) is 2.84. The number of anilines is 1. The largest absolute Gasteiger partial charge is 0.491 e. The number of amides is 1. The van der Waals surface area contributed by atoms with Crippen molar-refractivity contribution in [2.45, 2.75) is 20.3 Å². The van der Waals surface area contributed by atoms with Crippen LogP contribution in [0.5, 0.6) is 5.75 Å². The van der Waals surface area contributed by atoms with Gasteiger partial charge in [-0.1, -0.05) is 26.0 Å². The van der Waals surface area contributed by atoms with E-state index in [1.165, 1.54) is 0 Å². The zero-order valence-corrected chi connectivity index (χ0v) is 11.6. The van der Waals surface area contributed by atoms with Gasteiger partial charge in [-0.15, -0.1) is 0 Å². The maximum Gasteiger partial charge on any atom is 0.229 e. The van der Waals surface area contributed by atoms with Crippen molar-refractivity contribution in [1.29, 1.82) is 0 Å². The van der Waals surface area contributed by atoms with E-state index in [1.807, 2.05) is 24.3 Å². The summed E-state index contributed by atoms with van der Waals surface area (Å²) in [6.45, 7) is 6.49. The molecule has 2 rings (SSSR count). The summed E-state index contributed by atoms with van der Waals surface area (Å²) < 4.78 is 5.65. The molecule has 4 heteroatoms. The van der Waals surface area contributed by atoms with E-state index >= 15 is 0 Å². The number of nitrogens with one attached hydrogen (secondary N) is 2. The van der Waals surface area contributed by atoms with Crippen LogP contribution in [0.15, 0.2) is 24.3 Å². The topological polar surface area (TPSA) is 50.4 Å². The summed E-state index contributed by atoms with van der Waals surface area (Å²) in [5.74, 6) is 1.24. The van der Waals surface area contributed by atoms with Crippen molar-refractivity contribution in [3.05, 3.63) is 24.3 Å². The number of carbonyl (C=O) groups is 1. The molecule has 1 aliphatic heterocycles. The molecule has 1 amide bonds. The third-order valence-electron chi connectivity index (χ3n) is 3.46. The Kier molecular flexibility index (Phi) is 4.80. The molecule has 104 valence electrons. The van der Waals surface area contributed by atoms with Gasteiger partial charge in [-0.3, -0.25) is 4.79 Å². The van der Waals surface area contributed by atoms with E-state index in [4.69, 9.17) is 4.74 Å². The van der Waals surface area contributed by atoms with Crippen LogP contribution in [-0.2, 0) is 4.79 Å². The van der Waals surface area contributed by atoms with Crippen LogP contribution in [0.3, 0.4) is 0 Å². The van der Waals surface area contributed by atoms with Crippen LogP contribution in [0.1, 0.15) is 20.3 Å². The first-order chi connectivity index (χ1) is 9.22. The van der Waals surface area contributed by atoms with E-state index in [2.05, 4.69) is 24.5 Å². The Morgan fingerprint density at radius 2 is 2.21 bits per heavy atom. The van der Waals surface area contributed by atoms with E-state index in [0.29, 0.717) is 12.5 Å². The van der Waals surface area contributed by atoms with E-state index in [0.717, 1.165) is 30.9 Å². The minimum Gasteiger partial charge on any atom is -0.491 e. The third-order valence-corrected chi connectivity index (χ3v) is 3.46. The lowest BCUT2D eigenvalue weighted by atomic mass is 9.97. The van der Waals surface area contributed by atoms with Gasteiger partial charge in [-0.05, 0) is 31.0 Å². The second kappa shape index (κ2) is 6.57. The monoisotopic (exact) mass is 262 g/mol. The molecule has 0 saturated carbocycles. The highest BCUT2D eigenvalue weighted by atomic mass is 16.5. The van der Waals surface area contributed by atoms with Crippen LogP contribution in [-0.4, -0.2) is 25.6 Å². The fourth-order valence-corrected chi connectivity index (χ4v) is 2.29. The summed E-state index contributed by atoms with van der Waals surface area (Å²) in [7, 11) is 0. The second-order valence-corrected chi connectivity index (χ2v) is 5.08. The van der Waals surface area contributed by atoms with Gasteiger partial charge in [0.1, 0.15) is 5.75 Å². The Labute approximate surface area is 114 Å². The fourth-order valence-electron chi connectivity index (χ4n) is 2.29. The van der Waals surface area contributed by atoms with Crippen molar-refractivity contribution < 1.29 is 9.53 Å². The van der Waals surface area contributed by atoms with Crippen LogP contribution in [0.2, 0.25) is 0 Å². The van der Waals surface area contributed by atoms with Gasteiger partial charge in [0, 0.05) is 6.54 Å². The standard InChI is InChI=1S/C15H22N2O2/c1-3-8-19-14-7-5-4-6-13(14)17-15(18)12-10-16-9-11(12)2/h4-7,11-12,16H,3,8-10H2,1-2H3,(H,17,18)/t11-,12-/m1/s1. The van der Waals surface area contributed by atoms with Gasteiger partial charge in [0.05, 0.1) is 18.2 Å². The Balaban J connectivity index is 2.03. The second-order valence-electron chi connectivity index (χ2n) is 5.08. The molecule has 1 saturated heterocycles. The first-order valence-electron chi connectivity index (χ1n) is 6.95. The molecule has 0 aromatic heterocycles. The quantitative estimate of drug-likeness (QED) is 0.856. The molecule has 0 unspecified atom stereocenters. The smallest absolute Gasteiger partial charge is 0.229 e. The Morgan fingerprint density at radius 3 is 2.89 bits per heavy atom. The van der Waals surface area contributed by atoms with Crippen LogP contribution in [0.4, 0.5) is 5.69 Å². The lowest BCUT2D eigenvalue weighted by molar-refractivity contribution is -0.120. The molecule has 1 fully saturated rings. The van der Waals surface area contributed by atoms with Gasteiger partial charge in [-0.25, -0.2) is 0 Å². The van der Waals surface area contributed by atoms with Gasteiger partial charge < -0.3 is 15.4 Å². The van der Waals surface area contributed by atoms with E-state index in [1.54, 1.807) is 0 Å². The van der Waals surface area contributed by atoms with Gasteiger partial charge in [0.25, 0.3) is 0 Å². The summed E-state index contributed by atoms with van der Waals surface area (Å²) >= 11 is 0. The highest BCUT2D eigenvalue weighted by molar-refractivity contribution is 5.94. The normalized spacial score (nSPS) is 22.2. The molecule has 2 N–H and O–H groups in total. The minimum atomic E-state index is 0.0410. The number of carbonyl (C=O) groups excluding carboxylic acids is 1. The van der Waals surface area contributed by atoms with Crippen molar-refractivity contribution in [2.24, 2.45) is 11.8 Å². The lowest BCUT2D eigenvalue weighted by Gasteiger charge is -2.16. The first kappa shape index (κ1) is 13.9. The van der Waals surface area contributed by atoms with E-state index in [9.17, 15) is 4.79 Å². The zero-order chi connectivity index (χ0) is 13.7. The summed E-state index contributed by atoms with van der Waals surface area (Å²) in [6, 6.07) is 7.60. The van der Waals surface area contributed by atoms with Gasteiger partial charge in [-0.2, -0.15) is 0 Å². The van der Waals surface area contributed by atoms with Crippen molar-refractivity contribution in [3.63, 3.8) is 0 Å². The van der Waals surface area contributed by atoms with Crippen LogP contribution in [0, 0.1) is 11.8 Å². The van der Waals surface area contributed by atoms with Crippen LogP contribution < -0.4 is 15.4 Å². The van der Waals surface area contributed by atoms with Crippen molar-refractivity contribution in [1.82, 2.24) is 5.32 Å². The molecule has 1 aromatic carbocycles. The van der Waals surface area contributed by atoms with Gasteiger partial charge >= 0.3 is 0 Å². The lowest BCUT2D eigenvalue weighted by Crippen LogP contribution is -2.28. The number of rotatable bonds is 5. The summed E-state index contributed by atoms with van der Waals surface area (Å²) in [4.78, 5) is 12.2. The summed E-state index contributed by atoms with van der Waals surface area (Å²) in [6.07, 6.45) is 0.950. The number of ether oxygens (including phenoxy) is 1. The van der Waals surface area contributed by atoms with Crippen LogP contribution in [0.25, 0.3) is 0 Å². The van der Waals surface area contributed by atoms with E-state index in [-0.39, 0.29) is 11.8 Å². The molecule has 4 nitrogen and oxygen atoms in total.